The van der Waals surface area contributed by atoms with Crippen LogP contribution in [-0.2, 0) is 23.8 Å². The van der Waals surface area contributed by atoms with Crippen molar-refractivity contribution in [1.82, 2.24) is 4.98 Å². The van der Waals surface area contributed by atoms with Gasteiger partial charge in [0.05, 0.1) is 11.1 Å². The predicted octanol–water partition coefficient (Wildman–Crippen LogP) is 6.02. The molecule has 2 aromatic carbocycles. The summed E-state index contributed by atoms with van der Waals surface area (Å²) >= 11 is 0. The molecule has 0 saturated carbocycles. The number of aryl methyl sites for hydroxylation is 2. The summed E-state index contributed by atoms with van der Waals surface area (Å²) in [4.78, 5) is 14.9. The van der Waals surface area contributed by atoms with E-state index in [-0.39, 0.29) is 11.9 Å². The molecule has 0 amide bonds. The van der Waals surface area contributed by atoms with Crippen molar-refractivity contribution < 1.29 is 27.8 Å². The van der Waals surface area contributed by atoms with E-state index in [0.29, 0.717) is 23.3 Å². The number of carboxylic acids is 1. The minimum atomic E-state index is -4.44. The molecule has 1 N–H and O–H groups in total. The van der Waals surface area contributed by atoms with E-state index in [1.165, 1.54) is 12.3 Å². The second-order valence-corrected chi connectivity index (χ2v) is 6.72. The second kappa shape index (κ2) is 8.51. The maximum atomic E-state index is 12.9. The van der Waals surface area contributed by atoms with Crippen LogP contribution in [0.3, 0.4) is 0 Å². The number of aliphatic carboxylic acids is 1. The third-order valence-corrected chi connectivity index (χ3v) is 4.56. The molecule has 0 unspecified atom stereocenters. The van der Waals surface area contributed by atoms with Crippen molar-refractivity contribution in [3.05, 3.63) is 65.4 Å². The van der Waals surface area contributed by atoms with E-state index in [0.717, 1.165) is 36.1 Å². The molecule has 3 aromatic rings. The lowest BCUT2D eigenvalue weighted by molar-refractivity contribution is -0.138. The Morgan fingerprint density at radius 2 is 1.86 bits per heavy atom. The molecule has 29 heavy (non-hydrogen) atoms. The van der Waals surface area contributed by atoms with Crippen LogP contribution in [0.25, 0.3) is 10.9 Å². The first-order valence-electron chi connectivity index (χ1n) is 9.25. The SMILES string of the molecule is CCCc1cc(Oc2ccnc3cc(C(F)(F)F)ccc23)ccc1CCC(=O)O. The molecular formula is C22H20F3NO3. The highest BCUT2D eigenvalue weighted by Gasteiger charge is 2.30. The van der Waals surface area contributed by atoms with Crippen molar-refractivity contribution in [3.63, 3.8) is 0 Å². The first kappa shape index (κ1) is 20.6. The third kappa shape index (κ3) is 5.04. The minimum absolute atomic E-state index is 0.0491. The third-order valence-electron chi connectivity index (χ3n) is 4.56. The lowest BCUT2D eigenvalue weighted by Crippen LogP contribution is -2.04. The molecule has 0 fully saturated rings. The van der Waals surface area contributed by atoms with Crippen LogP contribution in [0, 0.1) is 0 Å². The van der Waals surface area contributed by atoms with Crippen LogP contribution in [0.1, 0.15) is 36.5 Å². The summed E-state index contributed by atoms with van der Waals surface area (Å²) in [5, 5.41) is 9.39. The van der Waals surface area contributed by atoms with Gasteiger partial charge < -0.3 is 9.84 Å². The Morgan fingerprint density at radius 1 is 1.07 bits per heavy atom. The smallest absolute Gasteiger partial charge is 0.416 e. The molecule has 0 radical (unpaired) electrons. The Morgan fingerprint density at radius 3 is 2.55 bits per heavy atom. The molecule has 7 heteroatoms. The molecular weight excluding hydrogens is 383 g/mol. The van der Waals surface area contributed by atoms with Crippen LogP contribution >= 0.6 is 0 Å². The summed E-state index contributed by atoms with van der Waals surface area (Å²) in [6.45, 7) is 2.03. The van der Waals surface area contributed by atoms with Crippen molar-refractivity contribution in [2.75, 3.05) is 0 Å². The van der Waals surface area contributed by atoms with E-state index in [1.807, 2.05) is 19.1 Å². The number of carboxylic acid groups (broad SMARTS) is 1. The van der Waals surface area contributed by atoms with Gasteiger partial charge in [0.2, 0.25) is 0 Å². The Balaban J connectivity index is 1.91. The van der Waals surface area contributed by atoms with E-state index >= 15 is 0 Å². The molecule has 0 spiro atoms. The molecule has 0 bridgehead atoms. The molecule has 0 atom stereocenters. The summed E-state index contributed by atoms with van der Waals surface area (Å²) in [6, 6.07) is 10.4. The lowest BCUT2D eigenvalue weighted by atomic mass is 9.99. The highest BCUT2D eigenvalue weighted by molar-refractivity contribution is 5.85. The van der Waals surface area contributed by atoms with Crippen LogP contribution in [0.2, 0.25) is 0 Å². The highest BCUT2D eigenvalue weighted by Crippen LogP contribution is 2.35. The average molecular weight is 403 g/mol. The number of fused-ring (bicyclic) bond motifs is 1. The van der Waals surface area contributed by atoms with Gasteiger partial charge in [-0.15, -0.1) is 0 Å². The molecule has 152 valence electrons. The van der Waals surface area contributed by atoms with Crippen molar-refractivity contribution in [3.8, 4) is 11.5 Å². The van der Waals surface area contributed by atoms with Crippen molar-refractivity contribution >= 4 is 16.9 Å². The lowest BCUT2D eigenvalue weighted by Gasteiger charge is -2.14. The number of pyridine rings is 1. The van der Waals surface area contributed by atoms with Crippen LogP contribution in [0.15, 0.2) is 48.7 Å². The van der Waals surface area contributed by atoms with Gasteiger partial charge in [-0.25, -0.2) is 0 Å². The van der Waals surface area contributed by atoms with Gasteiger partial charge in [0.25, 0.3) is 0 Å². The number of benzene rings is 2. The molecule has 0 saturated heterocycles. The summed E-state index contributed by atoms with van der Waals surface area (Å²) in [7, 11) is 0. The van der Waals surface area contributed by atoms with Gasteiger partial charge in [-0.1, -0.05) is 19.4 Å². The average Bonchev–Trinajstić information content (AvgIpc) is 2.66. The number of alkyl halides is 3. The number of nitrogens with zero attached hydrogens (tertiary/aromatic N) is 1. The fourth-order valence-corrected chi connectivity index (χ4v) is 3.17. The number of hydrogen-bond donors (Lipinski definition) is 1. The van der Waals surface area contributed by atoms with Crippen LogP contribution in [0.4, 0.5) is 13.2 Å². The number of carbonyl (C=O) groups is 1. The molecule has 0 aliphatic heterocycles. The number of ether oxygens (including phenoxy) is 1. The Kier molecular flexibility index (Phi) is 6.06. The van der Waals surface area contributed by atoms with E-state index in [2.05, 4.69) is 4.98 Å². The molecule has 1 heterocycles. The fourth-order valence-electron chi connectivity index (χ4n) is 3.17. The first-order chi connectivity index (χ1) is 13.8. The second-order valence-electron chi connectivity index (χ2n) is 6.72. The monoisotopic (exact) mass is 403 g/mol. The van der Waals surface area contributed by atoms with Crippen LogP contribution in [0.5, 0.6) is 11.5 Å². The number of hydrogen-bond acceptors (Lipinski definition) is 3. The number of halogens is 3. The standard InChI is InChI=1S/C22H20F3NO3/c1-2-3-15-12-17(7-4-14(15)5-9-21(27)28)29-20-10-11-26-19-13-16(22(23,24)25)6-8-18(19)20/h4,6-8,10-13H,2-3,5,9H2,1H3,(H,27,28). The number of aromatic nitrogens is 1. The van der Waals surface area contributed by atoms with Gasteiger partial charge in [-0.3, -0.25) is 9.78 Å². The van der Waals surface area contributed by atoms with Gasteiger partial charge in [-0.05, 0) is 60.4 Å². The maximum Gasteiger partial charge on any atom is 0.416 e. The van der Waals surface area contributed by atoms with Gasteiger partial charge in [0, 0.05) is 18.0 Å². The first-order valence-corrected chi connectivity index (χ1v) is 9.25. The van der Waals surface area contributed by atoms with Gasteiger partial charge in [0.1, 0.15) is 11.5 Å². The Hall–Kier alpha value is -3.09. The van der Waals surface area contributed by atoms with Gasteiger partial charge >= 0.3 is 12.1 Å². The summed E-state index contributed by atoms with van der Waals surface area (Å²) in [5.74, 6) is 0.0960. The molecule has 0 aliphatic carbocycles. The van der Waals surface area contributed by atoms with Crippen molar-refractivity contribution in [2.24, 2.45) is 0 Å². The Bertz CT molecular complexity index is 1030. The van der Waals surface area contributed by atoms with Gasteiger partial charge in [-0.2, -0.15) is 13.2 Å². The van der Waals surface area contributed by atoms with E-state index in [9.17, 15) is 18.0 Å². The topological polar surface area (TPSA) is 59.4 Å². The van der Waals surface area contributed by atoms with E-state index < -0.39 is 17.7 Å². The zero-order chi connectivity index (χ0) is 21.0. The Labute approximate surface area is 166 Å². The van der Waals surface area contributed by atoms with Crippen molar-refractivity contribution in [2.45, 2.75) is 38.8 Å². The zero-order valence-corrected chi connectivity index (χ0v) is 15.8. The molecule has 4 nitrogen and oxygen atoms in total. The van der Waals surface area contributed by atoms with E-state index in [1.54, 1.807) is 12.1 Å². The molecule has 3 rings (SSSR count). The van der Waals surface area contributed by atoms with E-state index in [4.69, 9.17) is 9.84 Å². The van der Waals surface area contributed by atoms with Crippen LogP contribution in [-0.4, -0.2) is 16.1 Å². The zero-order valence-electron chi connectivity index (χ0n) is 15.8. The maximum absolute atomic E-state index is 12.9. The molecule has 1 aromatic heterocycles. The predicted molar refractivity (Wildman–Crippen MR) is 103 cm³/mol. The summed E-state index contributed by atoms with van der Waals surface area (Å²) < 4.78 is 44.8. The number of rotatable bonds is 7. The van der Waals surface area contributed by atoms with Crippen molar-refractivity contribution in [1.29, 1.82) is 0 Å². The highest BCUT2D eigenvalue weighted by atomic mass is 19.4. The normalized spacial score (nSPS) is 11.6. The van der Waals surface area contributed by atoms with Gasteiger partial charge in [0.15, 0.2) is 0 Å². The molecule has 0 aliphatic rings. The summed E-state index contributed by atoms with van der Waals surface area (Å²) in [5.41, 5.74) is 1.40. The quantitative estimate of drug-likeness (QED) is 0.524. The fraction of sp³-hybridized carbons (Fsp3) is 0.273. The van der Waals surface area contributed by atoms with Crippen LogP contribution < -0.4 is 4.74 Å². The summed E-state index contributed by atoms with van der Waals surface area (Å²) in [6.07, 6.45) is -0.878. The minimum Gasteiger partial charge on any atom is -0.481 e. The largest absolute Gasteiger partial charge is 0.481 e.